The Labute approximate surface area is 110 Å². The third kappa shape index (κ3) is 3.72. The van der Waals surface area contributed by atoms with E-state index in [-0.39, 0.29) is 0 Å². The highest BCUT2D eigenvalue weighted by Gasteiger charge is 2.12. The zero-order valence-corrected chi connectivity index (χ0v) is 11.5. The fourth-order valence-corrected chi connectivity index (χ4v) is 2.53. The third-order valence-electron chi connectivity index (χ3n) is 3.56. The predicted octanol–water partition coefficient (Wildman–Crippen LogP) is 1.89. The molecule has 0 saturated carbocycles. The molecule has 18 heavy (non-hydrogen) atoms. The molecule has 3 heteroatoms. The molecule has 0 radical (unpaired) electrons. The van der Waals surface area contributed by atoms with E-state index in [0.717, 1.165) is 25.3 Å². The summed E-state index contributed by atoms with van der Waals surface area (Å²) in [5.41, 5.74) is 2.59. The Kier molecular flexibility index (Phi) is 5.02. The molecule has 3 nitrogen and oxygen atoms in total. The van der Waals surface area contributed by atoms with Crippen LogP contribution in [0, 0.1) is 6.92 Å². The van der Waals surface area contributed by atoms with Crippen molar-refractivity contribution >= 4 is 0 Å². The van der Waals surface area contributed by atoms with Gasteiger partial charge in [0.15, 0.2) is 0 Å². The molecule has 0 aromatic heterocycles. The molecule has 2 rings (SSSR count). The summed E-state index contributed by atoms with van der Waals surface area (Å²) >= 11 is 0. The molecule has 0 spiro atoms. The van der Waals surface area contributed by atoms with Gasteiger partial charge in [-0.05, 0) is 50.9 Å². The first-order valence-corrected chi connectivity index (χ1v) is 6.87. The van der Waals surface area contributed by atoms with Crippen molar-refractivity contribution in [1.29, 1.82) is 0 Å². The summed E-state index contributed by atoms with van der Waals surface area (Å²) in [5.74, 6) is 1.00. The lowest BCUT2D eigenvalue weighted by atomic mass is 10.1. The summed E-state index contributed by atoms with van der Waals surface area (Å²) < 4.78 is 5.39. The number of hydrogen-bond acceptors (Lipinski definition) is 3. The summed E-state index contributed by atoms with van der Waals surface area (Å²) in [4.78, 5) is 0. The predicted molar refractivity (Wildman–Crippen MR) is 75.3 cm³/mol. The maximum atomic E-state index is 5.39. The molecule has 1 unspecified atom stereocenters. The molecule has 1 saturated heterocycles. The minimum Gasteiger partial charge on any atom is -0.496 e. The van der Waals surface area contributed by atoms with Crippen molar-refractivity contribution in [2.45, 2.75) is 32.2 Å². The van der Waals surface area contributed by atoms with Gasteiger partial charge in [-0.3, -0.25) is 0 Å². The summed E-state index contributed by atoms with van der Waals surface area (Å²) in [6.07, 6.45) is 3.65. The molecular weight excluding hydrogens is 224 g/mol. The van der Waals surface area contributed by atoms with Crippen molar-refractivity contribution in [1.82, 2.24) is 10.6 Å². The number of rotatable bonds is 6. The second-order valence-electron chi connectivity index (χ2n) is 5.06. The largest absolute Gasteiger partial charge is 0.496 e. The van der Waals surface area contributed by atoms with Crippen molar-refractivity contribution in [3.63, 3.8) is 0 Å². The minimum atomic E-state index is 0.671. The second-order valence-corrected chi connectivity index (χ2v) is 5.06. The fourth-order valence-electron chi connectivity index (χ4n) is 2.53. The summed E-state index contributed by atoms with van der Waals surface area (Å²) in [6, 6.07) is 7.04. The van der Waals surface area contributed by atoms with Gasteiger partial charge in [-0.25, -0.2) is 0 Å². The van der Waals surface area contributed by atoms with E-state index >= 15 is 0 Å². The first-order valence-electron chi connectivity index (χ1n) is 6.87. The van der Waals surface area contributed by atoms with Crippen LogP contribution in [0.1, 0.15) is 24.0 Å². The lowest BCUT2D eigenvalue weighted by Gasteiger charge is -2.13. The van der Waals surface area contributed by atoms with E-state index in [2.05, 4.69) is 35.8 Å². The highest BCUT2D eigenvalue weighted by molar-refractivity contribution is 5.37. The molecule has 100 valence electrons. The Morgan fingerprint density at radius 3 is 3.06 bits per heavy atom. The molecule has 1 aliphatic heterocycles. The van der Waals surface area contributed by atoms with E-state index in [9.17, 15) is 0 Å². The van der Waals surface area contributed by atoms with Gasteiger partial charge in [0.2, 0.25) is 0 Å². The minimum absolute atomic E-state index is 0.671. The van der Waals surface area contributed by atoms with Gasteiger partial charge in [-0.1, -0.05) is 17.7 Å². The standard InChI is InChI=1S/C15H24N2O/c1-12-5-6-15(18-2)13(10-12)7-9-16-11-14-4-3-8-17-14/h5-6,10,14,16-17H,3-4,7-9,11H2,1-2H3. The van der Waals surface area contributed by atoms with Crippen LogP contribution in [0.25, 0.3) is 0 Å². The molecular formula is C15H24N2O. The van der Waals surface area contributed by atoms with Crippen LogP contribution >= 0.6 is 0 Å². The molecule has 1 atom stereocenters. The van der Waals surface area contributed by atoms with E-state index in [0.29, 0.717) is 6.04 Å². The van der Waals surface area contributed by atoms with Crippen LogP contribution in [-0.2, 0) is 6.42 Å². The third-order valence-corrected chi connectivity index (χ3v) is 3.56. The van der Waals surface area contributed by atoms with E-state index in [4.69, 9.17) is 4.74 Å². The van der Waals surface area contributed by atoms with Gasteiger partial charge in [-0.15, -0.1) is 0 Å². The maximum Gasteiger partial charge on any atom is 0.122 e. The first kappa shape index (κ1) is 13.4. The van der Waals surface area contributed by atoms with Crippen molar-refractivity contribution in [3.8, 4) is 5.75 Å². The van der Waals surface area contributed by atoms with Gasteiger partial charge in [-0.2, -0.15) is 0 Å². The van der Waals surface area contributed by atoms with Crippen molar-refractivity contribution in [3.05, 3.63) is 29.3 Å². The van der Waals surface area contributed by atoms with Crippen LogP contribution in [0.3, 0.4) is 0 Å². The molecule has 0 aliphatic carbocycles. The Balaban J connectivity index is 1.76. The first-order chi connectivity index (χ1) is 8.79. The zero-order chi connectivity index (χ0) is 12.8. The number of nitrogens with one attached hydrogen (secondary N) is 2. The smallest absolute Gasteiger partial charge is 0.122 e. The number of aryl methyl sites for hydroxylation is 1. The van der Waals surface area contributed by atoms with Crippen LogP contribution in [0.4, 0.5) is 0 Å². The van der Waals surface area contributed by atoms with Gasteiger partial charge in [0.25, 0.3) is 0 Å². The Morgan fingerprint density at radius 1 is 1.44 bits per heavy atom. The second kappa shape index (κ2) is 6.76. The summed E-state index contributed by atoms with van der Waals surface area (Å²) in [7, 11) is 1.74. The molecule has 1 fully saturated rings. The Morgan fingerprint density at radius 2 is 2.33 bits per heavy atom. The lowest BCUT2D eigenvalue weighted by molar-refractivity contribution is 0.408. The maximum absolute atomic E-state index is 5.39. The van der Waals surface area contributed by atoms with Gasteiger partial charge >= 0.3 is 0 Å². The average molecular weight is 248 g/mol. The molecule has 1 heterocycles. The van der Waals surface area contributed by atoms with Crippen LogP contribution in [0.15, 0.2) is 18.2 Å². The van der Waals surface area contributed by atoms with E-state index in [1.165, 1.54) is 30.5 Å². The van der Waals surface area contributed by atoms with Gasteiger partial charge in [0.1, 0.15) is 5.75 Å². The van der Waals surface area contributed by atoms with E-state index in [1.54, 1.807) is 7.11 Å². The van der Waals surface area contributed by atoms with Crippen molar-refractivity contribution < 1.29 is 4.74 Å². The van der Waals surface area contributed by atoms with Crippen LogP contribution in [-0.4, -0.2) is 32.8 Å². The molecule has 1 aliphatic rings. The highest BCUT2D eigenvalue weighted by atomic mass is 16.5. The fraction of sp³-hybridized carbons (Fsp3) is 0.600. The van der Waals surface area contributed by atoms with E-state index < -0.39 is 0 Å². The molecule has 0 amide bonds. The molecule has 1 aromatic carbocycles. The molecule has 0 bridgehead atoms. The summed E-state index contributed by atoms with van der Waals surface area (Å²) in [5, 5.41) is 7.03. The average Bonchev–Trinajstić information content (AvgIpc) is 2.88. The van der Waals surface area contributed by atoms with Crippen LogP contribution < -0.4 is 15.4 Å². The Hall–Kier alpha value is -1.06. The van der Waals surface area contributed by atoms with Crippen LogP contribution in [0.5, 0.6) is 5.75 Å². The quantitative estimate of drug-likeness (QED) is 0.754. The van der Waals surface area contributed by atoms with Crippen molar-refractivity contribution in [2.75, 3.05) is 26.7 Å². The topological polar surface area (TPSA) is 33.3 Å². The number of hydrogen-bond donors (Lipinski definition) is 2. The van der Waals surface area contributed by atoms with Gasteiger partial charge in [0.05, 0.1) is 7.11 Å². The van der Waals surface area contributed by atoms with Crippen LogP contribution in [0.2, 0.25) is 0 Å². The Bertz CT molecular complexity index is 373. The van der Waals surface area contributed by atoms with Gasteiger partial charge in [0, 0.05) is 12.6 Å². The SMILES string of the molecule is COc1ccc(C)cc1CCNCC1CCCN1. The highest BCUT2D eigenvalue weighted by Crippen LogP contribution is 2.19. The van der Waals surface area contributed by atoms with E-state index in [1.807, 2.05) is 0 Å². The van der Waals surface area contributed by atoms with Gasteiger partial charge < -0.3 is 15.4 Å². The number of methoxy groups -OCH3 is 1. The van der Waals surface area contributed by atoms with Crippen molar-refractivity contribution in [2.24, 2.45) is 0 Å². The monoisotopic (exact) mass is 248 g/mol. The number of benzene rings is 1. The zero-order valence-electron chi connectivity index (χ0n) is 11.5. The molecule has 1 aromatic rings. The lowest BCUT2D eigenvalue weighted by Crippen LogP contribution is -2.34. The normalized spacial score (nSPS) is 19.1. The number of ether oxygens (including phenoxy) is 1. The molecule has 2 N–H and O–H groups in total. The summed E-state index contributed by atoms with van der Waals surface area (Å²) in [6.45, 7) is 5.39.